The second kappa shape index (κ2) is 9.28. The van der Waals surface area contributed by atoms with Crippen LogP contribution in [0.25, 0.3) is 6.08 Å². The number of piperidine rings is 1. The number of hydrogen-bond acceptors (Lipinski definition) is 4. The van der Waals surface area contributed by atoms with Gasteiger partial charge in [-0.2, -0.15) is 0 Å². The molecule has 0 unspecified atom stereocenters. The Hall–Kier alpha value is -1.72. The molecule has 0 radical (unpaired) electrons. The van der Waals surface area contributed by atoms with Gasteiger partial charge in [0.15, 0.2) is 11.5 Å². The van der Waals surface area contributed by atoms with E-state index >= 15 is 0 Å². The molecule has 1 saturated heterocycles. The molecule has 1 N–H and O–H groups in total. The molecular formula is C20H27ClN2O3. The Labute approximate surface area is 160 Å². The summed E-state index contributed by atoms with van der Waals surface area (Å²) < 4.78 is 11.0. The maximum absolute atomic E-state index is 12.0. The Morgan fingerprint density at radius 3 is 3.04 bits per heavy atom. The molecule has 0 saturated carbocycles. The minimum atomic E-state index is -0.0947. The first-order valence-corrected chi connectivity index (χ1v) is 9.80. The number of likely N-dealkylation sites (tertiary alicyclic amines) is 1. The van der Waals surface area contributed by atoms with Gasteiger partial charge in [-0.05, 0) is 56.5 Å². The predicted molar refractivity (Wildman–Crippen MR) is 104 cm³/mol. The van der Waals surface area contributed by atoms with Crippen molar-refractivity contribution in [2.24, 2.45) is 0 Å². The summed E-state index contributed by atoms with van der Waals surface area (Å²) in [5.74, 6) is 1.11. The fraction of sp³-hybridized carbons (Fsp3) is 0.550. The maximum Gasteiger partial charge on any atom is 0.243 e. The summed E-state index contributed by atoms with van der Waals surface area (Å²) in [4.78, 5) is 14.5. The van der Waals surface area contributed by atoms with Crippen molar-refractivity contribution in [1.82, 2.24) is 10.2 Å². The van der Waals surface area contributed by atoms with Crippen LogP contribution >= 0.6 is 11.6 Å². The highest BCUT2D eigenvalue weighted by atomic mass is 35.5. The zero-order valence-corrected chi connectivity index (χ0v) is 16.1. The monoisotopic (exact) mass is 378 g/mol. The summed E-state index contributed by atoms with van der Waals surface area (Å²) in [6, 6.07) is 4.28. The third kappa shape index (κ3) is 5.15. The van der Waals surface area contributed by atoms with E-state index < -0.39 is 0 Å². The predicted octanol–water partition coefficient (Wildman–Crippen LogP) is 3.51. The number of fused-ring (bicyclic) bond motifs is 1. The highest BCUT2D eigenvalue weighted by molar-refractivity contribution is 6.32. The number of hydrogen-bond donors (Lipinski definition) is 1. The highest BCUT2D eigenvalue weighted by Gasteiger charge is 2.17. The first-order chi connectivity index (χ1) is 12.6. The van der Waals surface area contributed by atoms with E-state index in [2.05, 4.69) is 17.1 Å². The van der Waals surface area contributed by atoms with Gasteiger partial charge in [-0.25, -0.2) is 0 Å². The minimum absolute atomic E-state index is 0.0947. The van der Waals surface area contributed by atoms with Gasteiger partial charge in [0.1, 0.15) is 13.2 Å². The van der Waals surface area contributed by atoms with Gasteiger partial charge < -0.3 is 19.7 Å². The first kappa shape index (κ1) is 19.1. The summed E-state index contributed by atoms with van der Waals surface area (Å²) in [6.07, 6.45) is 8.16. The number of nitrogens with one attached hydrogen (secondary N) is 1. The number of benzene rings is 1. The maximum atomic E-state index is 12.0. The Morgan fingerprint density at radius 1 is 1.35 bits per heavy atom. The molecule has 0 spiro atoms. The Bertz CT molecular complexity index is 663. The molecule has 0 bridgehead atoms. The molecule has 1 atom stereocenters. The number of nitrogens with zero attached hydrogens (tertiary/aromatic N) is 1. The van der Waals surface area contributed by atoms with Gasteiger partial charge in [0, 0.05) is 25.2 Å². The van der Waals surface area contributed by atoms with Crippen LogP contribution in [0.4, 0.5) is 0 Å². The summed E-state index contributed by atoms with van der Waals surface area (Å²) in [5, 5.41) is 3.44. The van der Waals surface area contributed by atoms with Gasteiger partial charge in [0.25, 0.3) is 0 Å². The van der Waals surface area contributed by atoms with Crippen molar-refractivity contribution >= 4 is 23.6 Å². The van der Waals surface area contributed by atoms with Crippen LogP contribution in [-0.2, 0) is 4.79 Å². The average Bonchev–Trinajstić information content (AvgIpc) is 2.65. The Kier molecular flexibility index (Phi) is 6.80. The number of halogens is 1. The van der Waals surface area contributed by atoms with Crippen molar-refractivity contribution in [3.63, 3.8) is 0 Å². The third-order valence-corrected chi connectivity index (χ3v) is 5.19. The standard InChI is InChI=1S/C20H27ClN2O3/c1-15-5-2-3-9-23(15)10-4-8-22-19(24)7-6-16-13-17(21)20-18(14-16)25-11-12-26-20/h6-7,13-15H,2-5,8-12H2,1H3,(H,22,24)/b7-6+/t15-/m0/s1. The zero-order chi connectivity index (χ0) is 18.4. The fourth-order valence-electron chi connectivity index (χ4n) is 3.44. The molecule has 2 aliphatic heterocycles. The molecule has 0 aromatic heterocycles. The largest absolute Gasteiger partial charge is 0.486 e. The summed E-state index contributed by atoms with van der Waals surface area (Å²) in [6.45, 7) is 6.21. The van der Waals surface area contributed by atoms with Gasteiger partial charge in [0.2, 0.25) is 5.91 Å². The molecule has 6 heteroatoms. The second-order valence-electron chi connectivity index (χ2n) is 6.89. The van der Waals surface area contributed by atoms with Crippen molar-refractivity contribution in [1.29, 1.82) is 0 Å². The van der Waals surface area contributed by atoms with Crippen molar-refractivity contribution < 1.29 is 14.3 Å². The number of ether oxygens (including phenoxy) is 2. The Balaban J connectivity index is 1.44. The average molecular weight is 379 g/mol. The summed E-state index contributed by atoms with van der Waals surface area (Å²) >= 11 is 6.21. The lowest BCUT2D eigenvalue weighted by Gasteiger charge is -2.33. The van der Waals surface area contributed by atoms with Gasteiger partial charge in [0.05, 0.1) is 5.02 Å². The lowest BCUT2D eigenvalue weighted by atomic mass is 10.0. The van der Waals surface area contributed by atoms with Crippen molar-refractivity contribution in [2.75, 3.05) is 32.8 Å². The molecule has 142 valence electrons. The molecule has 1 fully saturated rings. The van der Waals surface area contributed by atoms with Crippen molar-refractivity contribution in [3.8, 4) is 11.5 Å². The quantitative estimate of drug-likeness (QED) is 0.608. The van der Waals surface area contributed by atoms with Gasteiger partial charge in [-0.3, -0.25) is 4.79 Å². The number of carbonyl (C=O) groups excluding carboxylic acids is 1. The van der Waals surface area contributed by atoms with Gasteiger partial charge in [-0.15, -0.1) is 0 Å². The van der Waals surface area contributed by atoms with E-state index in [0.717, 1.165) is 18.5 Å². The SMILES string of the molecule is C[C@H]1CCCCN1CCCNC(=O)/C=C/c1cc(Cl)c2c(c1)OCCO2. The van der Waals surface area contributed by atoms with Crippen LogP contribution in [0, 0.1) is 0 Å². The van der Waals surface area contributed by atoms with E-state index in [0.29, 0.717) is 42.3 Å². The second-order valence-corrected chi connectivity index (χ2v) is 7.29. The molecule has 3 rings (SSSR count). The van der Waals surface area contributed by atoms with Crippen LogP contribution in [-0.4, -0.2) is 49.7 Å². The zero-order valence-electron chi connectivity index (χ0n) is 15.3. The van der Waals surface area contributed by atoms with E-state index in [1.807, 2.05) is 6.07 Å². The van der Waals surface area contributed by atoms with E-state index in [1.165, 1.54) is 31.9 Å². The van der Waals surface area contributed by atoms with Crippen LogP contribution in [0.15, 0.2) is 18.2 Å². The first-order valence-electron chi connectivity index (χ1n) is 9.42. The van der Waals surface area contributed by atoms with Crippen LogP contribution < -0.4 is 14.8 Å². The van der Waals surface area contributed by atoms with Crippen LogP contribution in [0.5, 0.6) is 11.5 Å². The molecular weight excluding hydrogens is 352 g/mol. The molecule has 1 aromatic carbocycles. The van der Waals surface area contributed by atoms with E-state index in [9.17, 15) is 4.79 Å². The van der Waals surface area contributed by atoms with Gasteiger partial charge in [-0.1, -0.05) is 18.0 Å². The van der Waals surface area contributed by atoms with Crippen molar-refractivity contribution in [3.05, 3.63) is 28.8 Å². The normalized spacial score (nSPS) is 20.3. The summed E-state index contributed by atoms with van der Waals surface area (Å²) in [5.41, 5.74) is 0.816. The number of rotatable bonds is 6. The van der Waals surface area contributed by atoms with Gasteiger partial charge >= 0.3 is 0 Å². The topological polar surface area (TPSA) is 50.8 Å². The van der Waals surface area contributed by atoms with Crippen LogP contribution in [0.1, 0.15) is 38.2 Å². The molecule has 5 nitrogen and oxygen atoms in total. The lowest BCUT2D eigenvalue weighted by molar-refractivity contribution is -0.116. The summed E-state index contributed by atoms with van der Waals surface area (Å²) in [7, 11) is 0. The van der Waals surface area contributed by atoms with Crippen LogP contribution in [0.3, 0.4) is 0 Å². The lowest BCUT2D eigenvalue weighted by Crippen LogP contribution is -2.39. The van der Waals surface area contributed by atoms with E-state index in [-0.39, 0.29) is 5.91 Å². The molecule has 1 aromatic rings. The van der Waals surface area contributed by atoms with E-state index in [1.54, 1.807) is 12.1 Å². The molecule has 2 aliphatic rings. The third-order valence-electron chi connectivity index (χ3n) is 4.91. The van der Waals surface area contributed by atoms with E-state index in [4.69, 9.17) is 21.1 Å². The van der Waals surface area contributed by atoms with Crippen LogP contribution in [0.2, 0.25) is 5.02 Å². The minimum Gasteiger partial charge on any atom is -0.486 e. The smallest absolute Gasteiger partial charge is 0.243 e. The number of amides is 1. The fourth-order valence-corrected chi connectivity index (χ4v) is 3.72. The van der Waals surface area contributed by atoms with Crippen molar-refractivity contribution in [2.45, 2.75) is 38.6 Å². The molecule has 0 aliphatic carbocycles. The highest BCUT2D eigenvalue weighted by Crippen LogP contribution is 2.38. The molecule has 26 heavy (non-hydrogen) atoms. The molecule has 2 heterocycles. The molecule has 1 amide bonds. The Morgan fingerprint density at radius 2 is 2.19 bits per heavy atom. The number of carbonyl (C=O) groups is 1.